The van der Waals surface area contributed by atoms with E-state index in [1.807, 2.05) is 6.92 Å². The largest absolute Gasteiger partial charge is 0.478 e. The van der Waals surface area contributed by atoms with Crippen molar-refractivity contribution in [2.75, 3.05) is 5.32 Å². The van der Waals surface area contributed by atoms with Crippen LogP contribution in [0.2, 0.25) is 0 Å². The van der Waals surface area contributed by atoms with Crippen molar-refractivity contribution < 1.29 is 14.7 Å². The van der Waals surface area contributed by atoms with Crippen molar-refractivity contribution in [1.82, 2.24) is 5.32 Å². The zero-order valence-corrected chi connectivity index (χ0v) is 11.3. The van der Waals surface area contributed by atoms with E-state index in [1.54, 1.807) is 30.3 Å². The molecule has 0 saturated carbocycles. The van der Waals surface area contributed by atoms with Crippen LogP contribution in [0.4, 0.5) is 10.5 Å². The summed E-state index contributed by atoms with van der Waals surface area (Å²) in [6.45, 7) is 5.49. The van der Waals surface area contributed by atoms with Crippen LogP contribution in [0.15, 0.2) is 43.0 Å². The number of hydrogen-bond donors (Lipinski definition) is 3. The summed E-state index contributed by atoms with van der Waals surface area (Å²) in [6.07, 6.45) is 4.94. The van der Waals surface area contributed by atoms with Gasteiger partial charge in [-0.3, -0.25) is 0 Å². The summed E-state index contributed by atoms with van der Waals surface area (Å²) in [7, 11) is 0. The van der Waals surface area contributed by atoms with E-state index >= 15 is 0 Å². The van der Waals surface area contributed by atoms with Gasteiger partial charge < -0.3 is 15.7 Å². The van der Waals surface area contributed by atoms with Crippen LogP contribution in [-0.2, 0) is 4.79 Å². The Hall–Kier alpha value is -2.56. The number of nitrogens with one attached hydrogen (secondary N) is 2. The molecule has 0 aliphatic heterocycles. The molecule has 1 unspecified atom stereocenters. The summed E-state index contributed by atoms with van der Waals surface area (Å²) in [6, 6.07) is 6.61. The smallest absolute Gasteiger partial charge is 0.328 e. The third-order valence-corrected chi connectivity index (χ3v) is 2.46. The van der Waals surface area contributed by atoms with Crippen molar-refractivity contribution in [1.29, 1.82) is 0 Å². The van der Waals surface area contributed by atoms with Crippen molar-refractivity contribution in [2.45, 2.75) is 19.4 Å². The van der Waals surface area contributed by atoms with E-state index in [2.05, 4.69) is 17.2 Å². The Bertz CT molecular complexity index is 524. The van der Waals surface area contributed by atoms with E-state index in [4.69, 9.17) is 5.11 Å². The Morgan fingerprint density at radius 2 is 2.20 bits per heavy atom. The van der Waals surface area contributed by atoms with Gasteiger partial charge in [0.15, 0.2) is 0 Å². The van der Waals surface area contributed by atoms with Crippen molar-refractivity contribution >= 4 is 23.8 Å². The Morgan fingerprint density at radius 3 is 2.85 bits per heavy atom. The first-order valence-corrected chi connectivity index (χ1v) is 6.20. The van der Waals surface area contributed by atoms with Crippen molar-refractivity contribution in [3.05, 3.63) is 48.6 Å². The van der Waals surface area contributed by atoms with Crippen LogP contribution in [0.5, 0.6) is 0 Å². The number of rotatable bonds is 6. The first kappa shape index (κ1) is 15.5. The number of carbonyl (C=O) groups is 2. The molecule has 106 valence electrons. The maximum atomic E-state index is 11.7. The van der Waals surface area contributed by atoms with Gasteiger partial charge in [-0.2, -0.15) is 0 Å². The highest BCUT2D eigenvalue weighted by molar-refractivity contribution is 5.90. The van der Waals surface area contributed by atoms with Crippen LogP contribution in [0, 0.1) is 0 Å². The molecule has 1 atom stereocenters. The predicted octanol–water partition coefficient (Wildman–Crippen LogP) is 2.87. The van der Waals surface area contributed by atoms with Gasteiger partial charge in [-0.1, -0.05) is 18.2 Å². The summed E-state index contributed by atoms with van der Waals surface area (Å²) in [5, 5.41) is 14.0. The molecule has 1 rings (SSSR count). The Kier molecular flexibility index (Phi) is 6.03. The number of amides is 2. The lowest BCUT2D eigenvalue weighted by Gasteiger charge is -2.13. The van der Waals surface area contributed by atoms with Crippen molar-refractivity contribution in [3.8, 4) is 0 Å². The number of urea groups is 1. The fourth-order valence-electron chi connectivity index (χ4n) is 1.59. The Labute approximate surface area is 118 Å². The molecule has 0 aliphatic carbocycles. The standard InChI is InChI=1S/C15H18N2O3/c1-3-5-11(2)16-15(20)17-13-7-4-6-12(10-13)8-9-14(18)19/h3-4,6-11H,1,5H2,2H3,(H,18,19)(H2,16,17,20)/b9-8+. The topological polar surface area (TPSA) is 78.4 Å². The third-order valence-electron chi connectivity index (χ3n) is 2.46. The minimum absolute atomic E-state index is 0.00240. The first-order valence-electron chi connectivity index (χ1n) is 6.20. The van der Waals surface area contributed by atoms with E-state index in [-0.39, 0.29) is 12.1 Å². The second kappa shape index (κ2) is 7.78. The van der Waals surface area contributed by atoms with E-state index in [9.17, 15) is 9.59 Å². The highest BCUT2D eigenvalue weighted by Crippen LogP contribution is 2.12. The lowest BCUT2D eigenvalue weighted by Crippen LogP contribution is -2.35. The summed E-state index contributed by atoms with van der Waals surface area (Å²) in [5.41, 5.74) is 1.30. The number of anilines is 1. The van der Waals surface area contributed by atoms with Gasteiger partial charge in [0.1, 0.15) is 0 Å². The average molecular weight is 274 g/mol. The summed E-state index contributed by atoms with van der Waals surface area (Å²) in [4.78, 5) is 22.1. The zero-order valence-electron chi connectivity index (χ0n) is 11.3. The van der Waals surface area contributed by atoms with Crippen LogP contribution in [0.1, 0.15) is 18.9 Å². The molecule has 0 heterocycles. The number of carboxylic acids is 1. The van der Waals surface area contributed by atoms with Crippen LogP contribution >= 0.6 is 0 Å². The van der Waals surface area contributed by atoms with Crippen LogP contribution < -0.4 is 10.6 Å². The molecule has 0 saturated heterocycles. The average Bonchev–Trinajstić information content (AvgIpc) is 2.36. The quantitative estimate of drug-likeness (QED) is 0.551. The highest BCUT2D eigenvalue weighted by atomic mass is 16.4. The molecular weight excluding hydrogens is 256 g/mol. The van der Waals surface area contributed by atoms with Crippen LogP contribution in [0.3, 0.4) is 0 Å². The molecule has 2 amide bonds. The van der Waals surface area contributed by atoms with E-state index in [0.29, 0.717) is 17.7 Å². The van der Waals surface area contributed by atoms with E-state index in [0.717, 1.165) is 6.08 Å². The predicted molar refractivity (Wildman–Crippen MR) is 79.5 cm³/mol. The number of benzene rings is 1. The van der Waals surface area contributed by atoms with E-state index < -0.39 is 5.97 Å². The van der Waals surface area contributed by atoms with Gasteiger partial charge in [-0.05, 0) is 37.1 Å². The molecule has 5 nitrogen and oxygen atoms in total. The summed E-state index contributed by atoms with van der Waals surface area (Å²) < 4.78 is 0. The lowest BCUT2D eigenvalue weighted by molar-refractivity contribution is -0.131. The Balaban J connectivity index is 2.64. The van der Waals surface area contributed by atoms with Gasteiger partial charge >= 0.3 is 12.0 Å². The normalized spacial score (nSPS) is 11.8. The maximum Gasteiger partial charge on any atom is 0.328 e. The molecule has 0 bridgehead atoms. The number of carboxylic acid groups (broad SMARTS) is 1. The second-order valence-electron chi connectivity index (χ2n) is 4.32. The number of hydrogen-bond acceptors (Lipinski definition) is 2. The molecule has 0 aromatic heterocycles. The number of aliphatic carboxylic acids is 1. The molecule has 0 radical (unpaired) electrons. The molecule has 1 aromatic carbocycles. The van der Waals surface area contributed by atoms with Gasteiger partial charge in [0.05, 0.1) is 0 Å². The molecule has 0 aliphatic rings. The minimum atomic E-state index is -1.01. The maximum absolute atomic E-state index is 11.7. The molecule has 5 heteroatoms. The number of carbonyl (C=O) groups excluding carboxylic acids is 1. The molecule has 1 aromatic rings. The second-order valence-corrected chi connectivity index (χ2v) is 4.32. The third kappa shape index (κ3) is 5.86. The highest BCUT2D eigenvalue weighted by Gasteiger charge is 2.05. The van der Waals surface area contributed by atoms with Gasteiger partial charge in [-0.15, -0.1) is 6.58 Å². The van der Waals surface area contributed by atoms with E-state index in [1.165, 1.54) is 6.08 Å². The molecule has 3 N–H and O–H groups in total. The zero-order chi connectivity index (χ0) is 15.0. The fraction of sp³-hybridized carbons (Fsp3) is 0.200. The van der Waals surface area contributed by atoms with Gasteiger partial charge in [0.2, 0.25) is 0 Å². The summed E-state index contributed by atoms with van der Waals surface area (Å²) in [5.74, 6) is -1.01. The molecular formula is C15H18N2O3. The van der Waals surface area contributed by atoms with Gasteiger partial charge in [0.25, 0.3) is 0 Å². The molecule has 0 fully saturated rings. The Morgan fingerprint density at radius 1 is 1.45 bits per heavy atom. The summed E-state index contributed by atoms with van der Waals surface area (Å²) >= 11 is 0. The van der Waals surface area contributed by atoms with Gasteiger partial charge in [-0.25, -0.2) is 9.59 Å². The fourth-order valence-corrected chi connectivity index (χ4v) is 1.59. The lowest BCUT2D eigenvalue weighted by atomic mass is 10.2. The van der Waals surface area contributed by atoms with Crippen molar-refractivity contribution in [3.63, 3.8) is 0 Å². The SMILES string of the molecule is C=CCC(C)NC(=O)Nc1cccc(/C=C/C(=O)O)c1. The molecule has 0 spiro atoms. The monoisotopic (exact) mass is 274 g/mol. The van der Waals surface area contributed by atoms with Gasteiger partial charge in [0, 0.05) is 17.8 Å². The van der Waals surface area contributed by atoms with Crippen molar-refractivity contribution in [2.24, 2.45) is 0 Å². The minimum Gasteiger partial charge on any atom is -0.478 e. The van der Waals surface area contributed by atoms with Crippen LogP contribution in [-0.4, -0.2) is 23.1 Å². The first-order chi connectivity index (χ1) is 9.51. The molecule has 20 heavy (non-hydrogen) atoms. The van der Waals surface area contributed by atoms with Crippen LogP contribution in [0.25, 0.3) is 6.08 Å².